The van der Waals surface area contributed by atoms with Crippen LogP contribution < -0.4 is 0 Å². The zero-order valence-electron chi connectivity index (χ0n) is 17.6. The maximum atomic E-state index is 11.2. The minimum atomic E-state index is -0.290. The number of alkyl halides is 1. The predicted octanol–water partition coefficient (Wildman–Crippen LogP) is 6.82. The summed E-state index contributed by atoms with van der Waals surface area (Å²) in [4.78, 5) is 0. The molecule has 0 spiro atoms. The number of rotatable bonds is 4. The molecule has 0 aromatic heterocycles. The number of fused-ring (bicyclic) bond motifs is 5. The van der Waals surface area contributed by atoms with E-state index in [0.717, 1.165) is 66.6 Å². The van der Waals surface area contributed by atoms with Crippen LogP contribution in [0.4, 0.5) is 0 Å². The molecule has 5 aliphatic rings. The lowest BCUT2D eigenvalue weighted by molar-refractivity contribution is -0.111. The van der Waals surface area contributed by atoms with Gasteiger partial charge in [-0.3, -0.25) is 0 Å². The van der Waals surface area contributed by atoms with E-state index in [1.165, 1.54) is 63.1 Å². The second-order valence-corrected chi connectivity index (χ2v) is 12.6. The average Bonchev–Trinajstić information content (AvgIpc) is 3.38. The minimum Gasteiger partial charge on any atom is -0.390 e. The van der Waals surface area contributed by atoms with Gasteiger partial charge in [-0.2, -0.15) is 0 Å². The van der Waals surface area contributed by atoms with Gasteiger partial charge in [0.25, 0.3) is 0 Å². The highest BCUT2D eigenvalue weighted by Crippen LogP contribution is 2.66. The van der Waals surface area contributed by atoms with E-state index in [9.17, 15) is 5.11 Å². The molecule has 1 N–H and O–H groups in total. The van der Waals surface area contributed by atoms with Crippen LogP contribution in [0.25, 0.3) is 0 Å². The van der Waals surface area contributed by atoms with E-state index in [2.05, 4.69) is 29.8 Å². The molecule has 27 heavy (non-hydrogen) atoms. The Labute approximate surface area is 175 Å². The van der Waals surface area contributed by atoms with Gasteiger partial charge in [0.2, 0.25) is 0 Å². The Bertz CT molecular complexity index is 559. The smallest absolute Gasteiger partial charge is 0.0653 e. The van der Waals surface area contributed by atoms with Crippen molar-refractivity contribution in [1.29, 1.82) is 0 Å². The Morgan fingerprint density at radius 1 is 0.926 bits per heavy atom. The Kier molecular flexibility index (Phi) is 5.03. The normalized spacial score (nSPS) is 53.3. The first-order chi connectivity index (χ1) is 12.9. The molecular formula is C25H41BrO. The van der Waals surface area contributed by atoms with Crippen molar-refractivity contribution in [3.8, 4) is 0 Å². The van der Waals surface area contributed by atoms with Crippen LogP contribution in [0.2, 0.25) is 0 Å². The van der Waals surface area contributed by atoms with E-state index in [-0.39, 0.29) is 5.60 Å². The predicted molar refractivity (Wildman–Crippen MR) is 116 cm³/mol. The van der Waals surface area contributed by atoms with Crippen molar-refractivity contribution in [3.63, 3.8) is 0 Å². The zero-order valence-corrected chi connectivity index (χ0v) is 19.2. The van der Waals surface area contributed by atoms with E-state index in [4.69, 9.17) is 0 Å². The van der Waals surface area contributed by atoms with Gasteiger partial charge >= 0.3 is 0 Å². The molecule has 5 rings (SSSR count). The summed E-state index contributed by atoms with van der Waals surface area (Å²) in [6.45, 7) is 5.16. The Morgan fingerprint density at radius 3 is 2.44 bits per heavy atom. The molecule has 1 unspecified atom stereocenters. The Hall–Kier alpha value is 0.440. The fourth-order valence-electron chi connectivity index (χ4n) is 9.09. The second kappa shape index (κ2) is 7.00. The van der Waals surface area contributed by atoms with Crippen LogP contribution in [-0.4, -0.2) is 16.0 Å². The van der Waals surface area contributed by atoms with Crippen molar-refractivity contribution in [1.82, 2.24) is 0 Å². The lowest BCUT2D eigenvalue weighted by atomic mass is 9.48. The van der Waals surface area contributed by atoms with Gasteiger partial charge in [-0.05, 0) is 117 Å². The third-order valence-electron chi connectivity index (χ3n) is 10.5. The lowest BCUT2D eigenvalue weighted by Crippen LogP contribution is -2.51. The fourth-order valence-corrected chi connectivity index (χ4v) is 9.54. The van der Waals surface area contributed by atoms with Crippen LogP contribution >= 0.6 is 15.9 Å². The topological polar surface area (TPSA) is 20.2 Å². The van der Waals surface area contributed by atoms with Crippen LogP contribution in [0.15, 0.2) is 0 Å². The highest BCUT2D eigenvalue weighted by Gasteiger charge is 2.58. The monoisotopic (exact) mass is 436 g/mol. The highest BCUT2D eigenvalue weighted by molar-refractivity contribution is 9.09. The van der Waals surface area contributed by atoms with Gasteiger partial charge in [-0.15, -0.1) is 0 Å². The molecule has 0 radical (unpaired) electrons. The van der Waals surface area contributed by atoms with Crippen molar-refractivity contribution in [2.24, 2.45) is 52.8 Å². The van der Waals surface area contributed by atoms with Gasteiger partial charge in [-0.1, -0.05) is 42.6 Å². The van der Waals surface area contributed by atoms with Gasteiger partial charge in [0.1, 0.15) is 0 Å². The average molecular weight is 438 g/mol. The molecule has 5 aliphatic carbocycles. The Balaban J connectivity index is 1.30. The van der Waals surface area contributed by atoms with Gasteiger partial charge in [0.05, 0.1) is 5.60 Å². The van der Waals surface area contributed by atoms with Crippen LogP contribution in [0, 0.1) is 52.8 Å². The summed E-state index contributed by atoms with van der Waals surface area (Å²) in [5.41, 5.74) is 0.324. The van der Waals surface area contributed by atoms with Gasteiger partial charge in [-0.25, -0.2) is 0 Å². The molecule has 154 valence electrons. The summed E-state index contributed by atoms with van der Waals surface area (Å²) in [6.07, 6.45) is 16.3. The lowest BCUT2D eigenvalue weighted by Gasteiger charge is -2.57. The number of hydrogen-bond acceptors (Lipinski definition) is 1. The quantitative estimate of drug-likeness (QED) is 0.479. The van der Waals surface area contributed by atoms with Crippen LogP contribution in [0.5, 0.6) is 0 Å². The summed E-state index contributed by atoms with van der Waals surface area (Å²) >= 11 is 3.79. The highest BCUT2D eigenvalue weighted by atomic mass is 79.9. The first-order valence-electron chi connectivity index (χ1n) is 12.2. The maximum absolute atomic E-state index is 11.2. The van der Waals surface area contributed by atoms with Crippen molar-refractivity contribution in [2.75, 3.05) is 5.33 Å². The summed E-state index contributed by atoms with van der Waals surface area (Å²) in [5.74, 6) is 7.42. The van der Waals surface area contributed by atoms with Crippen molar-refractivity contribution >= 4 is 15.9 Å². The molecule has 5 fully saturated rings. The van der Waals surface area contributed by atoms with Crippen molar-refractivity contribution in [2.45, 2.75) is 96.5 Å². The summed E-state index contributed by atoms with van der Waals surface area (Å²) in [7, 11) is 0. The molecule has 0 amide bonds. The maximum Gasteiger partial charge on any atom is 0.0653 e. The molecule has 0 saturated heterocycles. The van der Waals surface area contributed by atoms with Gasteiger partial charge in [0.15, 0.2) is 0 Å². The summed E-state index contributed by atoms with van der Waals surface area (Å²) < 4.78 is 0. The number of hydrogen-bond donors (Lipinski definition) is 1. The summed E-state index contributed by atoms with van der Waals surface area (Å²) in [5, 5.41) is 12.4. The molecule has 0 aliphatic heterocycles. The van der Waals surface area contributed by atoms with Crippen molar-refractivity contribution < 1.29 is 5.11 Å². The van der Waals surface area contributed by atoms with Gasteiger partial charge < -0.3 is 5.11 Å². The SMILES string of the molecule is CC(CBr)[C@H]1CC[C@H]2[C@@H]3CC[C@@H]4C[C@@](O)(CC5CC5)CC[C@@H]4[C@H]3CC[C@]12C. The van der Waals surface area contributed by atoms with Crippen LogP contribution in [-0.2, 0) is 0 Å². The molecule has 1 nitrogen and oxygen atoms in total. The Morgan fingerprint density at radius 2 is 1.70 bits per heavy atom. The third-order valence-corrected chi connectivity index (χ3v) is 11.5. The van der Waals surface area contributed by atoms with E-state index >= 15 is 0 Å². The molecule has 0 heterocycles. The fraction of sp³-hybridized carbons (Fsp3) is 1.00. The molecule has 0 aromatic rings. The number of aliphatic hydroxyl groups is 1. The van der Waals surface area contributed by atoms with Crippen LogP contribution in [0.3, 0.4) is 0 Å². The van der Waals surface area contributed by atoms with E-state index in [1.807, 2.05) is 0 Å². The molecule has 0 bridgehead atoms. The molecule has 2 heteroatoms. The van der Waals surface area contributed by atoms with E-state index < -0.39 is 0 Å². The van der Waals surface area contributed by atoms with Crippen LogP contribution in [0.1, 0.15) is 90.9 Å². The molecule has 0 aromatic carbocycles. The van der Waals surface area contributed by atoms with Gasteiger partial charge in [0, 0.05) is 5.33 Å². The zero-order chi connectivity index (χ0) is 18.8. The van der Waals surface area contributed by atoms with Crippen molar-refractivity contribution in [3.05, 3.63) is 0 Å². The largest absolute Gasteiger partial charge is 0.390 e. The third kappa shape index (κ3) is 3.28. The van der Waals surface area contributed by atoms with E-state index in [0.29, 0.717) is 5.41 Å². The first-order valence-corrected chi connectivity index (χ1v) is 13.3. The number of halogens is 1. The first kappa shape index (κ1) is 19.4. The molecule has 9 atom stereocenters. The molecular weight excluding hydrogens is 396 g/mol. The minimum absolute atomic E-state index is 0.290. The molecule has 5 saturated carbocycles. The summed E-state index contributed by atoms with van der Waals surface area (Å²) in [6, 6.07) is 0. The standard InChI is InChI=1S/C25H41BrO/c1-16(15-26)22-7-8-23-21-6-5-18-14-25(27,13-17-3-4-17)12-10-19(18)20(21)9-11-24(22,23)2/h16-23,27H,3-15H2,1-2H3/t16?,18-,19+,20-,21-,22-,23+,24-,25+/m1/s1. The van der Waals surface area contributed by atoms with E-state index in [1.54, 1.807) is 0 Å². The second-order valence-electron chi connectivity index (χ2n) is 11.9.